The molecule has 0 saturated heterocycles. The molecule has 0 unspecified atom stereocenters. The summed E-state index contributed by atoms with van der Waals surface area (Å²) in [6.07, 6.45) is -9.30. The number of rotatable bonds is 5. The molecule has 0 fully saturated rings. The van der Waals surface area contributed by atoms with Gasteiger partial charge < -0.3 is 14.8 Å². The Kier molecular flexibility index (Phi) is 6.98. The molecule has 29 heavy (non-hydrogen) atoms. The molecule has 0 bridgehead atoms. The van der Waals surface area contributed by atoms with E-state index in [-0.39, 0.29) is 24.5 Å². The first kappa shape index (κ1) is 21.9. The SMILES string of the molecule is O=C(NCC#CCOc1cccc(C(F)(F)F)c1)c1ccc(OC(F)(F)F)cc1. The van der Waals surface area contributed by atoms with Crippen molar-refractivity contribution >= 4 is 5.91 Å². The quantitative estimate of drug-likeness (QED) is 0.579. The lowest BCUT2D eigenvalue weighted by Crippen LogP contribution is -2.23. The molecule has 0 heterocycles. The first-order chi connectivity index (χ1) is 13.5. The average molecular weight is 417 g/mol. The minimum atomic E-state index is -4.82. The monoisotopic (exact) mass is 417 g/mol. The number of halogens is 6. The first-order valence-electron chi connectivity index (χ1n) is 7.94. The smallest absolute Gasteiger partial charge is 0.481 e. The standard InChI is InChI=1S/C19H13F6NO3/c20-18(21,22)14-4-3-5-16(12-14)28-11-2-1-10-26-17(27)13-6-8-15(9-7-13)29-19(23,24)25/h3-9,12H,10-11H2,(H,26,27). The predicted octanol–water partition coefficient (Wildman–Crippen LogP) is 4.42. The highest BCUT2D eigenvalue weighted by atomic mass is 19.4. The topological polar surface area (TPSA) is 47.6 Å². The predicted molar refractivity (Wildman–Crippen MR) is 90.2 cm³/mol. The Morgan fingerprint density at radius 2 is 1.62 bits per heavy atom. The van der Waals surface area contributed by atoms with Gasteiger partial charge in [0.15, 0.2) is 0 Å². The summed E-state index contributed by atoms with van der Waals surface area (Å²) in [6, 6.07) is 8.61. The maximum Gasteiger partial charge on any atom is 0.573 e. The van der Waals surface area contributed by atoms with Crippen LogP contribution in [0.5, 0.6) is 11.5 Å². The van der Waals surface area contributed by atoms with Gasteiger partial charge in [0.25, 0.3) is 5.91 Å². The first-order valence-corrected chi connectivity index (χ1v) is 7.94. The average Bonchev–Trinajstić information content (AvgIpc) is 2.63. The van der Waals surface area contributed by atoms with Crippen molar-refractivity contribution in [3.05, 3.63) is 59.7 Å². The van der Waals surface area contributed by atoms with Crippen LogP contribution in [0.25, 0.3) is 0 Å². The molecule has 0 aliphatic carbocycles. The van der Waals surface area contributed by atoms with Crippen molar-refractivity contribution in [1.29, 1.82) is 0 Å². The third kappa shape index (κ3) is 7.65. The van der Waals surface area contributed by atoms with E-state index in [9.17, 15) is 31.1 Å². The Bertz CT molecular complexity index is 895. The normalized spacial score (nSPS) is 11.2. The van der Waals surface area contributed by atoms with Gasteiger partial charge in [0.05, 0.1) is 12.1 Å². The third-order valence-corrected chi connectivity index (χ3v) is 3.28. The van der Waals surface area contributed by atoms with Gasteiger partial charge in [-0.2, -0.15) is 13.2 Å². The number of ether oxygens (including phenoxy) is 2. The van der Waals surface area contributed by atoms with Crippen LogP contribution in [0, 0.1) is 11.8 Å². The number of carbonyl (C=O) groups excluding carboxylic acids is 1. The van der Waals surface area contributed by atoms with Crippen molar-refractivity contribution in [1.82, 2.24) is 5.32 Å². The number of amides is 1. The lowest BCUT2D eigenvalue weighted by atomic mass is 10.2. The summed E-state index contributed by atoms with van der Waals surface area (Å²) in [7, 11) is 0. The molecule has 0 radical (unpaired) electrons. The molecule has 4 nitrogen and oxygen atoms in total. The fourth-order valence-electron chi connectivity index (χ4n) is 2.03. The fraction of sp³-hybridized carbons (Fsp3) is 0.211. The number of hydrogen-bond donors (Lipinski definition) is 1. The molecule has 2 rings (SSSR count). The van der Waals surface area contributed by atoms with Gasteiger partial charge in [-0.1, -0.05) is 17.9 Å². The molecule has 10 heteroatoms. The van der Waals surface area contributed by atoms with E-state index in [4.69, 9.17) is 4.74 Å². The molecule has 0 atom stereocenters. The third-order valence-electron chi connectivity index (χ3n) is 3.28. The summed E-state index contributed by atoms with van der Waals surface area (Å²) in [5.74, 6) is 4.03. The number of alkyl halides is 6. The number of carbonyl (C=O) groups is 1. The van der Waals surface area contributed by atoms with Crippen molar-refractivity contribution in [2.75, 3.05) is 13.2 Å². The van der Waals surface area contributed by atoms with Gasteiger partial charge in [0.1, 0.15) is 18.1 Å². The largest absolute Gasteiger partial charge is 0.573 e. The summed E-state index contributed by atoms with van der Waals surface area (Å²) < 4.78 is 82.8. The Labute approximate surface area is 161 Å². The fourth-order valence-corrected chi connectivity index (χ4v) is 2.03. The summed E-state index contributed by atoms with van der Waals surface area (Å²) in [4.78, 5) is 11.8. The number of nitrogens with one attached hydrogen (secondary N) is 1. The molecule has 0 saturated carbocycles. The zero-order chi connectivity index (χ0) is 21.5. The van der Waals surface area contributed by atoms with Crippen LogP contribution < -0.4 is 14.8 Å². The van der Waals surface area contributed by atoms with E-state index in [1.165, 1.54) is 12.1 Å². The van der Waals surface area contributed by atoms with E-state index in [0.717, 1.165) is 36.4 Å². The minimum absolute atomic E-state index is 0.000624. The Morgan fingerprint density at radius 1 is 0.931 bits per heavy atom. The van der Waals surface area contributed by atoms with Gasteiger partial charge in [-0.05, 0) is 42.5 Å². The Balaban J connectivity index is 1.78. The van der Waals surface area contributed by atoms with Gasteiger partial charge in [-0.15, -0.1) is 13.2 Å². The van der Waals surface area contributed by atoms with Gasteiger partial charge in [-0.25, -0.2) is 0 Å². The van der Waals surface area contributed by atoms with Crippen LogP contribution in [0.15, 0.2) is 48.5 Å². The molecule has 0 aliphatic heterocycles. The second kappa shape index (κ2) is 9.23. The molecule has 1 amide bonds. The van der Waals surface area contributed by atoms with E-state index >= 15 is 0 Å². The Morgan fingerprint density at radius 3 is 2.24 bits per heavy atom. The van der Waals surface area contributed by atoms with E-state index in [2.05, 4.69) is 21.9 Å². The minimum Gasteiger partial charge on any atom is -0.481 e. The molecule has 154 valence electrons. The summed E-state index contributed by atoms with van der Waals surface area (Å²) >= 11 is 0. The second-order valence-corrected chi connectivity index (χ2v) is 5.42. The van der Waals surface area contributed by atoms with Crippen LogP contribution in [0.3, 0.4) is 0 Å². The van der Waals surface area contributed by atoms with Crippen molar-refractivity contribution in [3.8, 4) is 23.3 Å². The van der Waals surface area contributed by atoms with E-state index < -0.39 is 29.8 Å². The maximum absolute atomic E-state index is 12.6. The summed E-state index contributed by atoms with van der Waals surface area (Å²) in [6.45, 7) is -0.285. The zero-order valence-corrected chi connectivity index (χ0v) is 14.5. The second-order valence-electron chi connectivity index (χ2n) is 5.42. The molecule has 0 aromatic heterocycles. The summed E-state index contributed by atoms with van der Waals surface area (Å²) in [5, 5.41) is 2.41. The zero-order valence-electron chi connectivity index (χ0n) is 14.5. The highest BCUT2D eigenvalue weighted by Crippen LogP contribution is 2.31. The van der Waals surface area contributed by atoms with Crippen LogP contribution >= 0.6 is 0 Å². The van der Waals surface area contributed by atoms with E-state index in [1.54, 1.807) is 0 Å². The van der Waals surface area contributed by atoms with Gasteiger partial charge in [-0.3, -0.25) is 4.79 Å². The van der Waals surface area contributed by atoms with Crippen LogP contribution in [0.1, 0.15) is 15.9 Å². The van der Waals surface area contributed by atoms with Crippen LogP contribution in [0.4, 0.5) is 26.3 Å². The van der Waals surface area contributed by atoms with E-state index in [1.807, 2.05) is 0 Å². The maximum atomic E-state index is 12.6. The van der Waals surface area contributed by atoms with Gasteiger partial charge >= 0.3 is 12.5 Å². The summed E-state index contributed by atoms with van der Waals surface area (Å²) in [5.41, 5.74) is -0.747. The van der Waals surface area contributed by atoms with E-state index in [0.29, 0.717) is 0 Å². The molecular formula is C19H13F6NO3. The number of hydrogen-bond acceptors (Lipinski definition) is 3. The van der Waals surface area contributed by atoms with Crippen LogP contribution in [-0.2, 0) is 6.18 Å². The molecule has 1 N–H and O–H groups in total. The number of benzene rings is 2. The lowest BCUT2D eigenvalue weighted by Gasteiger charge is -2.09. The molecule has 2 aromatic carbocycles. The van der Waals surface area contributed by atoms with Crippen molar-refractivity contribution in [3.63, 3.8) is 0 Å². The van der Waals surface area contributed by atoms with Crippen molar-refractivity contribution < 1.29 is 40.6 Å². The van der Waals surface area contributed by atoms with Gasteiger partial charge in [0.2, 0.25) is 0 Å². The molecular weight excluding hydrogens is 404 g/mol. The van der Waals surface area contributed by atoms with Crippen LogP contribution in [-0.4, -0.2) is 25.4 Å². The van der Waals surface area contributed by atoms with Crippen molar-refractivity contribution in [2.45, 2.75) is 12.5 Å². The van der Waals surface area contributed by atoms with Gasteiger partial charge in [0, 0.05) is 5.56 Å². The molecule has 2 aromatic rings. The Hall–Kier alpha value is -3.35. The van der Waals surface area contributed by atoms with Crippen molar-refractivity contribution in [2.24, 2.45) is 0 Å². The van der Waals surface area contributed by atoms with Crippen LogP contribution in [0.2, 0.25) is 0 Å². The highest BCUT2D eigenvalue weighted by Gasteiger charge is 2.31. The highest BCUT2D eigenvalue weighted by molar-refractivity contribution is 5.94. The lowest BCUT2D eigenvalue weighted by molar-refractivity contribution is -0.274. The molecule has 0 aliphatic rings. The molecule has 0 spiro atoms.